The molecule has 6 heteroatoms. The van der Waals surface area contributed by atoms with Gasteiger partial charge in [0.1, 0.15) is 13.2 Å². The molecule has 0 aromatic carbocycles. The summed E-state index contributed by atoms with van der Waals surface area (Å²) in [6.45, 7) is 6.37. The van der Waals surface area contributed by atoms with Crippen molar-refractivity contribution in [2.24, 2.45) is 0 Å². The third kappa shape index (κ3) is 42.0. The minimum atomic E-state index is -0.807. The molecule has 0 saturated carbocycles. The summed E-state index contributed by atoms with van der Waals surface area (Å²) in [7, 11) is 0. The van der Waals surface area contributed by atoms with E-state index < -0.39 is 6.10 Å². The van der Waals surface area contributed by atoms with Crippen LogP contribution in [-0.2, 0) is 28.6 Å². The van der Waals surface area contributed by atoms with Crippen LogP contribution in [-0.4, -0.2) is 37.2 Å². The van der Waals surface area contributed by atoms with Crippen LogP contribution in [0.4, 0.5) is 0 Å². The van der Waals surface area contributed by atoms with Crippen molar-refractivity contribution in [2.75, 3.05) is 13.2 Å². The van der Waals surface area contributed by atoms with E-state index in [2.05, 4.69) is 57.2 Å². The zero-order valence-electron chi connectivity index (χ0n) is 36.4. The molecule has 0 saturated heterocycles. The first kappa shape index (κ1) is 52.9. The van der Waals surface area contributed by atoms with Crippen LogP contribution < -0.4 is 0 Å². The van der Waals surface area contributed by atoms with Gasteiger partial charge >= 0.3 is 17.9 Å². The Bertz CT molecular complexity index is 1080. The lowest BCUT2D eigenvalue weighted by Crippen LogP contribution is -2.30. The first-order valence-electron chi connectivity index (χ1n) is 23.0. The maximum absolute atomic E-state index is 12.7. The highest BCUT2D eigenvalue weighted by molar-refractivity contribution is 5.71. The number of carbonyl (C=O) groups is 3. The zero-order valence-corrected chi connectivity index (χ0v) is 36.4. The lowest BCUT2D eigenvalue weighted by molar-refractivity contribution is -0.167. The van der Waals surface area contributed by atoms with E-state index in [1.165, 1.54) is 89.9 Å². The Labute approximate surface area is 344 Å². The molecule has 0 amide bonds. The van der Waals surface area contributed by atoms with E-state index in [0.717, 1.165) is 64.2 Å². The number of carbonyl (C=O) groups excluding carboxylic acids is 3. The molecule has 0 rings (SSSR count). The summed E-state index contributed by atoms with van der Waals surface area (Å²) in [5.41, 5.74) is 0. The van der Waals surface area contributed by atoms with E-state index in [1.54, 1.807) is 0 Å². The summed E-state index contributed by atoms with van der Waals surface area (Å²) in [4.78, 5) is 37.7. The fourth-order valence-electron chi connectivity index (χ4n) is 6.04. The Morgan fingerprint density at radius 3 is 1.25 bits per heavy atom. The molecule has 0 aliphatic carbocycles. The van der Waals surface area contributed by atoms with E-state index in [1.807, 2.05) is 36.5 Å². The predicted molar refractivity (Wildman–Crippen MR) is 238 cm³/mol. The molecule has 0 aromatic heterocycles. The normalized spacial score (nSPS) is 12.7. The van der Waals surface area contributed by atoms with Crippen molar-refractivity contribution < 1.29 is 28.6 Å². The van der Waals surface area contributed by atoms with Crippen molar-refractivity contribution >= 4 is 17.9 Å². The summed E-state index contributed by atoms with van der Waals surface area (Å²) in [5, 5.41) is 0. The van der Waals surface area contributed by atoms with Crippen molar-refractivity contribution in [1.82, 2.24) is 0 Å². The number of rotatable bonds is 40. The highest BCUT2D eigenvalue weighted by Gasteiger charge is 2.19. The van der Waals surface area contributed by atoms with Crippen LogP contribution in [0.1, 0.15) is 207 Å². The molecule has 56 heavy (non-hydrogen) atoms. The van der Waals surface area contributed by atoms with Gasteiger partial charge in [-0.15, -0.1) is 0 Å². The van der Waals surface area contributed by atoms with Gasteiger partial charge < -0.3 is 14.2 Å². The van der Waals surface area contributed by atoms with Gasteiger partial charge in [-0.1, -0.05) is 177 Å². The molecule has 6 nitrogen and oxygen atoms in total. The Morgan fingerprint density at radius 1 is 0.375 bits per heavy atom. The molecule has 1 unspecified atom stereocenters. The molecule has 0 heterocycles. The molecular weight excluding hydrogens is 697 g/mol. The van der Waals surface area contributed by atoms with Gasteiger partial charge in [0.05, 0.1) is 0 Å². The summed E-state index contributed by atoms with van der Waals surface area (Å²) in [6.07, 6.45) is 54.7. The molecule has 1 atom stereocenters. The number of esters is 3. The quantitative estimate of drug-likeness (QED) is 0.0203. The van der Waals surface area contributed by atoms with Gasteiger partial charge in [0.25, 0.3) is 0 Å². The number of ether oxygens (including phenoxy) is 3. The van der Waals surface area contributed by atoms with Crippen LogP contribution in [0.3, 0.4) is 0 Å². The molecular formula is C50H84O6. The molecule has 0 aliphatic rings. The van der Waals surface area contributed by atoms with Crippen molar-refractivity contribution in [3.8, 4) is 0 Å². The minimum Gasteiger partial charge on any atom is -0.462 e. The van der Waals surface area contributed by atoms with Crippen LogP contribution in [0.2, 0.25) is 0 Å². The topological polar surface area (TPSA) is 78.9 Å². The SMILES string of the molecule is CC\C=C/C=C\C=C/C=C\CCCCCC(=O)OC(COC(=O)CCC/C=C\CCCCCC)COC(=O)CCCCCCC/C=C\CCCCCCCCC. The van der Waals surface area contributed by atoms with Crippen molar-refractivity contribution in [3.63, 3.8) is 0 Å². The van der Waals surface area contributed by atoms with Crippen molar-refractivity contribution in [3.05, 3.63) is 72.9 Å². The average Bonchev–Trinajstić information content (AvgIpc) is 3.19. The van der Waals surface area contributed by atoms with E-state index >= 15 is 0 Å². The van der Waals surface area contributed by atoms with Crippen LogP contribution in [0.5, 0.6) is 0 Å². The van der Waals surface area contributed by atoms with E-state index in [9.17, 15) is 14.4 Å². The number of allylic oxidation sites excluding steroid dienone is 12. The van der Waals surface area contributed by atoms with Gasteiger partial charge in [-0.2, -0.15) is 0 Å². The Kier molecular flexibility index (Phi) is 42.1. The number of hydrogen-bond donors (Lipinski definition) is 0. The molecule has 0 spiro atoms. The second-order valence-corrected chi connectivity index (χ2v) is 15.0. The maximum Gasteiger partial charge on any atom is 0.306 e. The summed E-state index contributed by atoms with van der Waals surface area (Å²) in [5.74, 6) is -0.995. The highest BCUT2D eigenvalue weighted by atomic mass is 16.6. The summed E-state index contributed by atoms with van der Waals surface area (Å²) < 4.78 is 16.6. The minimum absolute atomic E-state index is 0.105. The van der Waals surface area contributed by atoms with Gasteiger partial charge in [-0.3, -0.25) is 14.4 Å². The Morgan fingerprint density at radius 2 is 0.732 bits per heavy atom. The van der Waals surface area contributed by atoms with Gasteiger partial charge in [-0.05, 0) is 83.5 Å². The first-order valence-corrected chi connectivity index (χ1v) is 23.0. The lowest BCUT2D eigenvalue weighted by atomic mass is 10.1. The second kappa shape index (κ2) is 44.6. The summed E-state index contributed by atoms with van der Waals surface area (Å²) in [6, 6.07) is 0. The fraction of sp³-hybridized carbons (Fsp3) is 0.700. The molecule has 0 aliphatic heterocycles. The van der Waals surface area contributed by atoms with E-state index in [0.29, 0.717) is 25.7 Å². The molecule has 0 fully saturated rings. The second-order valence-electron chi connectivity index (χ2n) is 15.0. The van der Waals surface area contributed by atoms with Crippen LogP contribution >= 0.6 is 0 Å². The highest BCUT2D eigenvalue weighted by Crippen LogP contribution is 2.12. The van der Waals surface area contributed by atoms with E-state index in [4.69, 9.17) is 14.2 Å². The fourth-order valence-corrected chi connectivity index (χ4v) is 6.04. The lowest BCUT2D eigenvalue weighted by Gasteiger charge is -2.18. The van der Waals surface area contributed by atoms with Gasteiger partial charge in [0.15, 0.2) is 6.10 Å². The smallest absolute Gasteiger partial charge is 0.306 e. The van der Waals surface area contributed by atoms with E-state index in [-0.39, 0.29) is 37.5 Å². The van der Waals surface area contributed by atoms with Gasteiger partial charge in [0.2, 0.25) is 0 Å². The standard InChI is InChI=1S/C50H84O6/c1-4-7-10-13-16-19-21-23-24-25-27-28-31-34-37-40-43-49(52)55-46-47(45-54-48(51)42-39-36-33-30-18-15-12-9-6-3)56-50(53)44-41-38-35-32-29-26-22-20-17-14-11-8-5-2/h8,11,14,17,20,22,24-26,29-30,33,47H,4-7,9-10,12-13,15-16,18-19,21,23,27-28,31-32,34-46H2,1-3H3/b11-8-,17-14-,22-20-,25-24-,29-26-,33-30-. The number of unbranched alkanes of at least 4 members (excludes halogenated alkanes) is 20. The monoisotopic (exact) mass is 781 g/mol. The molecule has 0 bridgehead atoms. The average molecular weight is 781 g/mol. The largest absolute Gasteiger partial charge is 0.462 e. The molecule has 0 aromatic rings. The molecule has 320 valence electrons. The predicted octanol–water partition coefficient (Wildman–Crippen LogP) is 14.7. The third-order valence-electron chi connectivity index (χ3n) is 9.51. The molecule has 0 N–H and O–H groups in total. The van der Waals surface area contributed by atoms with Crippen molar-refractivity contribution in [1.29, 1.82) is 0 Å². The van der Waals surface area contributed by atoms with Crippen LogP contribution in [0, 0.1) is 0 Å². The molecule has 0 radical (unpaired) electrons. The van der Waals surface area contributed by atoms with Crippen LogP contribution in [0.25, 0.3) is 0 Å². The van der Waals surface area contributed by atoms with Gasteiger partial charge in [-0.25, -0.2) is 0 Å². The first-order chi connectivity index (χ1) is 27.5. The van der Waals surface area contributed by atoms with Gasteiger partial charge in [0, 0.05) is 19.3 Å². The number of hydrogen-bond acceptors (Lipinski definition) is 6. The Balaban J connectivity index is 4.44. The van der Waals surface area contributed by atoms with Crippen molar-refractivity contribution in [2.45, 2.75) is 213 Å². The maximum atomic E-state index is 12.7. The van der Waals surface area contributed by atoms with Crippen LogP contribution in [0.15, 0.2) is 72.9 Å². The Hall–Kier alpha value is -3.15. The zero-order chi connectivity index (χ0) is 40.8. The third-order valence-corrected chi connectivity index (χ3v) is 9.51. The summed E-state index contributed by atoms with van der Waals surface area (Å²) >= 11 is 0.